The number of benzene rings is 1. The number of rotatable bonds is 5. The normalized spacial score (nSPS) is 23.3. The molecular formula is C19H24N2O. The lowest BCUT2D eigenvalue weighted by molar-refractivity contribution is 0.147. The van der Waals surface area contributed by atoms with Gasteiger partial charge < -0.3 is 10.4 Å². The first-order chi connectivity index (χ1) is 10.8. The fourth-order valence-electron chi connectivity index (χ4n) is 3.51. The molecule has 0 unspecified atom stereocenters. The Bertz CT molecular complexity index is 635. The highest BCUT2D eigenvalue weighted by Gasteiger charge is 2.23. The maximum Gasteiger partial charge on any atom is 0.0797 e. The zero-order chi connectivity index (χ0) is 15.4. The highest BCUT2D eigenvalue weighted by molar-refractivity contribution is 5.82. The van der Waals surface area contributed by atoms with Crippen molar-refractivity contribution in [3.63, 3.8) is 0 Å². The second-order valence-corrected chi connectivity index (χ2v) is 6.16. The summed E-state index contributed by atoms with van der Waals surface area (Å²) in [5.74, 6) is 1.15. The fraction of sp³-hybridized carbons (Fsp3) is 0.421. The maximum absolute atomic E-state index is 10.6. The molecule has 3 nitrogen and oxygen atoms in total. The van der Waals surface area contributed by atoms with E-state index in [1.54, 1.807) is 6.20 Å². The summed E-state index contributed by atoms with van der Waals surface area (Å²) in [7, 11) is 0. The first-order valence-electron chi connectivity index (χ1n) is 8.14. The van der Waals surface area contributed by atoms with Gasteiger partial charge in [-0.15, -0.1) is 6.58 Å². The Kier molecular flexibility index (Phi) is 4.86. The van der Waals surface area contributed by atoms with Crippen LogP contribution < -0.4 is 5.32 Å². The summed E-state index contributed by atoms with van der Waals surface area (Å²) < 4.78 is 0. The number of aliphatic hydroxyl groups excluding tert-OH is 1. The van der Waals surface area contributed by atoms with Gasteiger partial charge in [-0.05, 0) is 55.3 Å². The molecule has 3 atom stereocenters. The molecule has 0 amide bonds. The molecule has 0 saturated carbocycles. The largest absolute Gasteiger partial charge is 0.388 e. The van der Waals surface area contributed by atoms with Crippen molar-refractivity contribution in [1.29, 1.82) is 0 Å². The van der Waals surface area contributed by atoms with Gasteiger partial charge in [0.2, 0.25) is 0 Å². The molecule has 2 heterocycles. The summed E-state index contributed by atoms with van der Waals surface area (Å²) in [6.45, 7) is 6.04. The van der Waals surface area contributed by atoms with Gasteiger partial charge in [0.1, 0.15) is 0 Å². The first kappa shape index (κ1) is 15.2. The van der Waals surface area contributed by atoms with Gasteiger partial charge in [0.15, 0.2) is 0 Å². The van der Waals surface area contributed by atoms with Crippen LogP contribution in [-0.4, -0.2) is 23.2 Å². The third-order valence-electron chi connectivity index (χ3n) is 4.83. The second kappa shape index (κ2) is 7.03. The van der Waals surface area contributed by atoms with Gasteiger partial charge in [0.05, 0.1) is 11.6 Å². The Labute approximate surface area is 132 Å². The molecule has 0 radical (unpaired) electrons. The zero-order valence-corrected chi connectivity index (χ0v) is 12.9. The van der Waals surface area contributed by atoms with Crippen molar-refractivity contribution in [2.24, 2.45) is 11.8 Å². The van der Waals surface area contributed by atoms with E-state index in [4.69, 9.17) is 0 Å². The predicted molar refractivity (Wildman–Crippen MR) is 90.6 cm³/mol. The van der Waals surface area contributed by atoms with Crippen LogP contribution in [0.4, 0.5) is 0 Å². The fourth-order valence-corrected chi connectivity index (χ4v) is 3.51. The van der Waals surface area contributed by atoms with Crippen LogP contribution in [0.1, 0.15) is 30.9 Å². The van der Waals surface area contributed by atoms with Gasteiger partial charge in [-0.2, -0.15) is 0 Å². The van der Waals surface area contributed by atoms with Crippen LogP contribution in [0.5, 0.6) is 0 Å². The summed E-state index contributed by atoms with van der Waals surface area (Å²) in [5, 5.41) is 15.1. The van der Waals surface area contributed by atoms with Crippen molar-refractivity contribution < 1.29 is 5.11 Å². The van der Waals surface area contributed by atoms with E-state index in [9.17, 15) is 5.11 Å². The maximum atomic E-state index is 10.6. The van der Waals surface area contributed by atoms with E-state index in [1.807, 2.05) is 30.3 Å². The Morgan fingerprint density at radius 2 is 2.23 bits per heavy atom. The molecule has 3 heteroatoms. The molecule has 0 bridgehead atoms. The quantitative estimate of drug-likeness (QED) is 0.831. The molecular weight excluding hydrogens is 272 g/mol. The molecule has 3 rings (SSSR count). The Morgan fingerprint density at radius 3 is 3.09 bits per heavy atom. The van der Waals surface area contributed by atoms with E-state index in [1.165, 1.54) is 6.42 Å². The minimum atomic E-state index is -0.423. The van der Waals surface area contributed by atoms with Crippen LogP contribution in [0.3, 0.4) is 0 Å². The lowest BCUT2D eigenvalue weighted by atomic mass is 9.82. The Balaban J connectivity index is 1.71. The van der Waals surface area contributed by atoms with E-state index in [2.05, 4.69) is 23.0 Å². The summed E-state index contributed by atoms with van der Waals surface area (Å²) in [6.07, 6.45) is 6.43. The monoisotopic (exact) mass is 296 g/mol. The number of nitrogens with zero attached hydrogens (tertiary/aromatic N) is 1. The van der Waals surface area contributed by atoms with Crippen molar-refractivity contribution in [3.8, 4) is 0 Å². The van der Waals surface area contributed by atoms with Crippen molar-refractivity contribution in [2.75, 3.05) is 13.1 Å². The number of fused-ring (bicyclic) bond motifs is 1. The van der Waals surface area contributed by atoms with Crippen LogP contribution in [-0.2, 0) is 0 Å². The van der Waals surface area contributed by atoms with Crippen molar-refractivity contribution in [3.05, 3.63) is 54.7 Å². The highest BCUT2D eigenvalue weighted by atomic mass is 16.3. The molecule has 2 N–H and O–H groups in total. The predicted octanol–water partition coefficient (Wildman–Crippen LogP) is 3.46. The number of aliphatic hydroxyl groups is 1. The second-order valence-electron chi connectivity index (χ2n) is 6.16. The van der Waals surface area contributed by atoms with Gasteiger partial charge in [0.25, 0.3) is 0 Å². The average Bonchev–Trinajstić information content (AvgIpc) is 2.59. The van der Waals surface area contributed by atoms with Crippen LogP contribution in [0, 0.1) is 11.8 Å². The molecule has 1 aromatic carbocycles. The molecule has 116 valence electrons. The highest BCUT2D eigenvalue weighted by Crippen LogP contribution is 2.31. The molecule has 1 aromatic heterocycles. The number of hydrogen-bond donors (Lipinski definition) is 2. The van der Waals surface area contributed by atoms with Crippen LogP contribution in [0.2, 0.25) is 0 Å². The lowest BCUT2D eigenvalue weighted by Gasteiger charge is -2.30. The molecule has 0 spiro atoms. The lowest BCUT2D eigenvalue weighted by Crippen LogP contribution is -2.35. The number of hydrogen-bond acceptors (Lipinski definition) is 3. The number of aromatic nitrogens is 1. The van der Waals surface area contributed by atoms with Crippen molar-refractivity contribution in [2.45, 2.75) is 25.4 Å². The van der Waals surface area contributed by atoms with Gasteiger partial charge in [-0.1, -0.05) is 24.3 Å². The summed E-state index contributed by atoms with van der Waals surface area (Å²) >= 11 is 0. The number of para-hydroxylation sites is 1. The third-order valence-corrected chi connectivity index (χ3v) is 4.83. The van der Waals surface area contributed by atoms with Crippen molar-refractivity contribution in [1.82, 2.24) is 10.3 Å². The number of piperidine rings is 1. The average molecular weight is 296 g/mol. The van der Waals surface area contributed by atoms with Gasteiger partial charge >= 0.3 is 0 Å². The molecule has 0 aliphatic carbocycles. The molecule has 2 aromatic rings. The smallest absolute Gasteiger partial charge is 0.0797 e. The number of pyridine rings is 1. The topological polar surface area (TPSA) is 45.1 Å². The Morgan fingerprint density at radius 1 is 1.36 bits per heavy atom. The SMILES string of the molecule is C=C[C@H]1CNCC[C@H]1CC[C@@H](O)c1ccnc2ccccc12. The number of nitrogens with one attached hydrogen (secondary N) is 1. The first-order valence-corrected chi connectivity index (χ1v) is 8.14. The summed E-state index contributed by atoms with van der Waals surface area (Å²) in [6, 6.07) is 9.96. The van der Waals surface area contributed by atoms with E-state index in [0.717, 1.165) is 42.4 Å². The van der Waals surface area contributed by atoms with Crippen molar-refractivity contribution >= 4 is 10.9 Å². The van der Waals surface area contributed by atoms with Crippen LogP contribution in [0.15, 0.2) is 49.2 Å². The van der Waals surface area contributed by atoms with E-state index in [0.29, 0.717) is 11.8 Å². The van der Waals surface area contributed by atoms with Gasteiger partial charge in [0, 0.05) is 18.1 Å². The molecule has 1 aliphatic heterocycles. The standard InChI is InChI=1S/C19H24N2O/c1-2-14-13-20-11-9-15(14)7-8-19(22)17-10-12-21-18-6-4-3-5-16(17)18/h2-6,10,12,14-15,19-20,22H,1,7-9,11,13H2/t14-,15+,19+/m0/s1. The minimum Gasteiger partial charge on any atom is -0.388 e. The molecule has 1 saturated heterocycles. The van der Waals surface area contributed by atoms with Crippen LogP contribution in [0.25, 0.3) is 10.9 Å². The Hall–Kier alpha value is -1.71. The van der Waals surface area contributed by atoms with Gasteiger partial charge in [-0.25, -0.2) is 0 Å². The molecule has 22 heavy (non-hydrogen) atoms. The van der Waals surface area contributed by atoms with Gasteiger partial charge in [-0.3, -0.25) is 4.98 Å². The van der Waals surface area contributed by atoms with Crippen LogP contribution >= 0.6 is 0 Å². The van der Waals surface area contributed by atoms with E-state index in [-0.39, 0.29) is 0 Å². The summed E-state index contributed by atoms with van der Waals surface area (Å²) in [5.41, 5.74) is 1.94. The third kappa shape index (κ3) is 3.21. The molecule has 1 fully saturated rings. The summed E-state index contributed by atoms with van der Waals surface area (Å²) in [4.78, 5) is 4.37. The zero-order valence-electron chi connectivity index (χ0n) is 12.9. The molecule has 1 aliphatic rings. The van der Waals surface area contributed by atoms with E-state index >= 15 is 0 Å². The van der Waals surface area contributed by atoms with E-state index < -0.39 is 6.10 Å². The minimum absolute atomic E-state index is 0.423.